The smallest absolute Gasteiger partial charge is 0.128 e. The lowest BCUT2D eigenvalue weighted by molar-refractivity contribution is 0.169. The van der Waals surface area contributed by atoms with E-state index >= 15 is 0 Å². The highest BCUT2D eigenvalue weighted by Gasteiger charge is 2.24. The summed E-state index contributed by atoms with van der Waals surface area (Å²) >= 11 is 0. The van der Waals surface area contributed by atoms with Crippen LogP contribution in [0.1, 0.15) is 30.5 Å². The average Bonchev–Trinajstić information content (AvgIpc) is 2.40. The molecule has 1 aromatic carbocycles. The maximum Gasteiger partial charge on any atom is 0.128 e. The van der Waals surface area contributed by atoms with Crippen LogP contribution in [0.15, 0.2) is 30.4 Å². The van der Waals surface area contributed by atoms with E-state index in [1.165, 1.54) is 0 Å². The number of hydrogen-bond donors (Lipinski definition) is 1. The Bertz CT molecular complexity index is 450. The minimum Gasteiger partial charge on any atom is -0.314 e. The van der Waals surface area contributed by atoms with Gasteiger partial charge in [-0.05, 0) is 26.3 Å². The molecule has 0 radical (unpaired) electrons. The second-order valence-corrected chi connectivity index (χ2v) is 5.49. The number of hydrogen-bond acceptors (Lipinski definition) is 2. The molecule has 1 aliphatic rings. The fourth-order valence-corrected chi connectivity index (χ4v) is 2.68. The molecule has 2 nitrogen and oxygen atoms in total. The summed E-state index contributed by atoms with van der Waals surface area (Å²) < 4.78 is 14.2. The summed E-state index contributed by atoms with van der Waals surface area (Å²) in [6.07, 6.45) is 0.820. The van der Waals surface area contributed by atoms with Gasteiger partial charge in [-0.25, -0.2) is 4.39 Å². The molecule has 3 heteroatoms. The monoisotopic (exact) mass is 262 g/mol. The molecule has 2 rings (SSSR count). The standard InChI is InChI=1S/C16H23FN2/c1-12(2)10-16(19-8-6-18-7-9-19)14-11-13(3)4-5-15(14)17/h4-5,11,16,18H,1,6-10H2,2-3H3/t16-/m1/s1. The molecular weight excluding hydrogens is 239 g/mol. The molecule has 1 atom stereocenters. The van der Waals surface area contributed by atoms with E-state index in [4.69, 9.17) is 0 Å². The van der Waals surface area contributed by atoms with Crippen LogP contribution in [-0.2, 0) is 0 Å². The maximum atomic E-state index is 14.2. The molecule has 1 aromatic rings. The molecule has 1 aliphatic heterocycles. The van der Waals surface area contributed by atoms with Crippen molar-refractivity contribution >= 4 is 0 Å². The SMILES string of the molecule is C=C(C)C[C@H](c1cc(C)ccc1F)N1CCNCC1. The highest BCUT2D eigenvalue weighted by atomic mass is 19.1. The highest BCUT2D eigenvalue weighted by molar-refractivity contribution is 5.28. The van der Waals surface area contributed by atoms with Crippen molar-refractivity contribution in [3.8, 4) is 0 Å². The van der Waals surface area contributed by atoms with Crippen molar-refractivity contribution in [2.24, 2.45) is 0 Å². The quantitative estimate of drug-likeness (QED) is 0.839. The van der Waals surface area contributed by atoms with Gasteiger partial charge in [-0.3, -0.25) is 4.90 Å². The van der Waals surface area contributed by atoms with Crippen LogP contribution in [0.3, 0.4) is 0 Å². The normalized spacial score (nSPS) is 18.3. The van der Waals surface area contributed by atoms with E-state index in [2.05, 4.69) is 16.8 Å². The van der Waals surface area contributed by atoms with E-state index in [0.717, 1.165) is 49.3 Å². The number of halogens is 1. The van der Waals surface area contributed by atoms with Gasteiger partial charge in [0.05, 0.1) is 0 Å². The Labute approximate surface area is 115 Å². The first kappa shape index (κ1) is 14.2. The van der Waals surface area contributed by atoms with E-state index in [1.54, 1.807) is 6.07 Å². The molecule has 0 aliphatic carbocycles. The minimum atomic E-state index is -0.101. The molecule has 0 saturated carbocycles. The van der Waals surface area contributed by atoms with E-state index in [-0.39, 0.29) is 11.9 Å². The molecule has 1 fully saturated rings. The predicted octanol–water partition coefficient (Wildman–Crippen LogP) is 3.05. The number of rotatable bonds is 4. The summed E-state index contributed by atoms with van der Waals surface area (Å²) in [6, 6.07) is 5.50. The molecule has 1 heterocycles. The van der Waals surface area contributed by atoms with Crippen LogP contribution >= 0.6 is 0 Å². The van der Waals surface area contributed by atoms with Gasteiger partial charge >= 0.3 is 0 Å². The van der Waals surface area contributed by atoms with E-state index < -0.39 is 0 Å². The van der Waals surface area contributed by atoms with Crippen molar-refractivity contribution in [2.45, 2.75) is 26.3 Å². The van der Waals surface area contributed by atoms with Crippen molar-refractivity contribution in [3.63, 3.8) is 0 Å². The van der Waals surface area contributed by atoms with E-state index in [9.17, 15) is 4.39 Å². The first-order chi connectivity index (χ1) is 9.08. The first-order valence-electron chi connectivity index (χ1n) is 6.93. The predicted molar refractivity (Wildman–Crippen MR) is 77.8 cm³/mol. The summed E-state index contributed by atoms with van der Waals surface area (Å²) in [4.78, 5) is 2.36. The molecule has 0 amide bonds. The molecule has 19 heavy (non-hydrogen) atoms. The Morgan fingerprint density at radius 1 is 1.42 bits per heavy atom. The van der Waals surface area contributed by atoms with Gasteiger partial charge in [0.25, 0.3) is 0 Å². The highest BCUT2D eigenvalue weighted by Crippen LogP contribution is 2.30. The third-order valence-electron chi connectivity index (χ3n) is 3.64. The summed E-state index contributed by atoms with van der Waals surface area (Å²) in [7, 11) is 0. The molecule has 0 bridgehead atoms. The summed E-state index contributed by atoms with van der Waals surface area (Å²) in [5, 5.41) is 3.34. The zero-order chi connectivity index (χ0) is 13.8. The molecule has 1 N–H and O–H groups in total. The lowest BCUT2D eigenvalue weighted by Gasteiger charge is -2.35. The van der Waals surface area contributed by atoms with Crippen LogP contribution in [0.4, 0.5) is 4.39 Å². The zero-order valence-corrected chi connectivity index (χ0v) is 11.9. The van der Waals surface area contributed by atoms with Gasteiger partial charge < -0.3 is 5.32 Å². The van der Waals surface area contributed by atoms with Crippen molar-refractivity contribution in [1.82, 2.24) is 10.2 Å². The molecular formula is C16H23FN2. The Hall–Kier alpha value is -1.19. The van der Waals surface area contributed by atoms with Crippen LogP contribution < -0.4 is 5.32 Å². The summed E-state index contributed by atoms with van der Waals surface area (Å²) in [6.45, 7) is 11.9. The molecule has 104 valence electrons. The Morgan fingerprint density at radius 2 is 2.11 bits per heavy atom. The van der Waals surface area contributed by atoms with Crippen LogP contribution in [0, 0.1) is 12.7 Å². The van der Waals surface area contributed by atoms with E-state index in [0.29, 0.717) is 0 Å². The van der Waals surface area contributed by atoms with Gasteiger partial charge in [0.1, 0.15) is 5.82 Å². The Morgan fingerprint density at radius 3 is 2.74 bits per heavy atom. The number of nitrogens with zero attached hydrogens (tertiary/aromatic N) is 1. The van der Waals surface area contributed by atoms with E-state index in [1.807, 2.05) is 26.0 Å². The molecule has 0 aromatic heterocycles. The second kappa shape index (κ2) is 6.31. The number of nitrogens with one attached hydrogen (secondary N) is 1. The second-order valence-electron chi connectivity index (χ2n) is 5.49. The molecule has 1 saturated heterocycles. The van der Waals surface area contributed by atoms with Crippen LogP contribution in [-0.4, -0.2) is 31.1 Å². The van der Waals surface area contributed by atoms with Gasteiger partial charge in [-0.15, -0.1) is 6.58 Å². The largest absolute Gasteiger partial charge is 0.314 e. The minimum absolute atomic E-state index is 0.101. The maximum absolute atomic E-state index is 14.2. The van der Waals surface area contributed by atoms with Crippen LogP contribution in [0.25, 0.3) is 0 Å². The Kier molecular flexibility index (Phi) is 4.72. The summed E-state index contributed by atoms with van der Waals surface area (Å²) in [5.41, 5.74) is 3.02. The third kappa shape index (κ3) is 3.64. The summed E-state index contributed by atoms with van der Waals surface area (Å²) in [5.74, 6) is -0.101. The average molecular weight is 262 g/mol. The molecule has 0 unspecified atom stereocenters. The van der Waals surface area contributed by atoms with Gasteiger partial charge in [0.15, 0.2) is 0 Å². The lowest BCUT2D eigenvalue weighted by Crippen LogP contribution is -2.45. The zero-order valence-electron chi connectivity index (χ0n) is 11.9. The topological polar surface area (TPSA) is 15.3 Å². The Balaban J connectivity index is 2.29. The fraction of sp³-hybridized carbons (Fsp3) is 0.500. The van der Waals surface area contributed by atoms with Crippen molar-refractivity contribution < 1.29 is 4.39 Å². The number of aryl methyl sites for hydroxylation is 1. The molecule has 0 spiro atoms. The van der Waals surface area contributed by atoms with Crippen molar-refractivity contribution in [1.29, 1.82) is 0 Å². The van der Waals surface area contributed by atoms with Crippen molar-refractivity contribution in [3.05, 3.63) is 47.3 Å². The van der Waals surface area contributed by atoms with Gasteiger partial charge in [0, 0.05) is 37.8 Å². The fourth-order valence-electron chi connectivity index (χ4n) is 2.68. The van der Waals surface area contributed by atoms with Gasteiger partial charge in [-0.2, -0.15) is 0 Å². The van der Waals surface area contributed by atoms with Crippen LogP contribution in [0.2, 0.25) is 0 Å². The van der Waals surface area contributed by atoms with Crippen LogP contribution in [0.5, 0.6) is 0 Å². The van der Waals surface area contributed by atoms with Gasteiger partial charge in [0.2, 0.25) is 0 Å². The van der Waals surface area contributed by atoms with Crippen molar-refractivity contribution in [2.75, 3.05) is 26.2 Å². The lowest BCUT2D eigenvalue weighted by atomic mass is 9.96. The van der Waals surface area contributed by atoms with Gasteiger partial charge in [-0.1, -0.05) is 23.3 Å². The number of benzene rings is 1. The third-order valence-corrected chi connectivity index (χ3v) is 3.64. The number of piperazine rings is 1. The first-order valence-corrected chi connectivity index (χ1v) is 6.93.